The van der Waals surface area contributed by atoms with Gasteiger partial charge >= 0.3 is 0 Å². The van der Waals surface area contributed by atoms with E-state index in [1.807, 2.05) is 31.2 Å². The third kappa shape index (κ3) is 4.09. The Morgan fingerprint density at radius 3 is 2.42 bits per heavy atom. The summed E-state index contributed by atoms with van der Waals surface area (Å²) < 4.78 is 0. The third-order valence-corrected chi connectivity index (χ3v) is 3.32. The predicted octanol–water partition coefficient (Wildman–Crippen LogP) is 1.62. The second kappa shape index (κ2) is 5.87. The van der Waals surface area contributed by atoms with Gasteiger partial charge in [-0.2, -0.15) is 0 Å². The van der Waals surface area contributed by atoms with Gasteiger partial charge in [-0.3, -0.25) is 9.59 Å². The first kappa shape index (κ1) is 13.6. The molecule has 1 N–H and O–H groups in total. The molecule has 1 aromatic carbocycles. The summed E-state index contributed by atoms with van der Waals surface area (Å²) in [4.78, 5) is 24.9. The second-order valence-corrected chi connectivity index (χ2v) is 5.14. The van der Waals surface area contributed by atoms with Gasteiger partial charge in [-0.25, -0.2) is 0 Å². The summed E-state index contributed by atoms with van der Waals surface area (Å²) in [6.45, 7) is 4.23. The molecule has 4 heteroatoms. The summed E-state index contributed by atoms with van der Waals surface area (Å²) in [6.07, 6.45) is 2.04. The number of hydrogen-bond donors (Lipinski definition) is 1. The average molecular weight is 260 g/mol. The van der Waals surface area contributed by atoms with Crippen LogP contribution in [0.4, 0.5) is 0 Å². The maximum Gasteiger partial charge on any atom is 0.239 e. The topological polar surface area (TPSA) is 49.4 Å². The first-order valence-corrected chi connectivity index (χ1v) is 6.65. The van der Waals surface area contributed by atoms with Gasteiger partial charge < -0.3 is 10.2 Å². The highest BCUT2D eigenvalue weighted by atomic mass is 16.2. The lowest BCUT2D eigenvalue weighted by atomic mass is 10.1. The fourth-order valence-electron chi connectivity index (χ4n) is 2.00. The first-order valence-electron chi connectivity index (χ1n) is 6.65. The van der Waals surface area contributed by atoms with E-state index < -0.39 is 0 Å². The van der Waals surface area contributed by atoms with E-state index in [1.54, 1.807) is 4.90 Å². The molecule has 1 saturated carbocycles. The van der Waals surface area contributed by atoms with Gasteiger partial charge in [0.1, 0.15) is 0 Å². The molecule has 0 aliphatic heterocycles. The zero-order chi connectivity index (χ0) is 13.8. The van der Waals surface area contributed by atoms with Crippen molar-refractivity contribution in [1.82, 2.24) is 10.2 Å². The quantitative estimate of drug-likeness (QED) is 0.874. The summed E-state index contributed by atoms with van der Waals surface area (Å²) >= 11 is 0. The van der Waals surface area contributed by atoms with Crippen molar-refractivity contribution in [2.75, 3.05) is 6.54 Å². The highest BCUT2D eigenvalue weighted by molar-refractivity contribution is 5.84. The molecule has 1 fully saturated rings. The molecule has 0 spiro atoms. The van der Waals surface area contributed by atoms with E-state index in [9.17, 15) is 9.59 Å². The lowest BCUT2D eigenvalue weighted by Gasteiger charge is -2.19. The van der Waals surface area contributed by atoms with Crippen LogP contribution >= 0.6 is 0 Å². The van der Waals surface area contributed by atoms with Gasteiger partial charge in [-0.15, -0.1) is 0 Å². The lowest BCUT2D eigenvalue weighted by molar-refractivity contribution is -0.134. The van der Waals surface area contributed by atoms with Crippen LogP contribution in [0, 0.1) is 6.92 Å². The molecule has 1 aliphatic rings. The van der Waals surface area contributed by atoms with E-state index >= 15 is 0 Å². The van der Waals surface area contributed by atoms with E-state index in [0.29, 0.717) is 6.54 Å². The van der Waals surface area contributed by atoms with Gasteiger partial charge in [0.2, 0.25) is 11.8 Å². The number of amides is 2. The van der Waals surface area contributed by atoms with Crippen LogP contribution in [0.15, 0.2) is 24.3 Å². The van der Waals surface area contributed by atoms with Gasteiger partial charge in [-0.05, 0) is 25.3 Å². The number of aryl methyl sites for hydroxylation is 1. The lowest BCUT2D eigenvalue weighted by Crippen LogP contribution is -2.40. The Labute approximate surface area is 113 Å². The molecule has 102 valence electrons. The summed E-state index contributed by atoms with van der Waals surface area (Å²) in [6, 6.07) is 8.32. The van der Waals surface area contributed by atoms with E-state index in [0.717, 1.165) is 18.4 Å². The zero-order valence-electron chi connectivity index (χ0n) is 11.5. The van der Waals surface area contributed by atoms with Crippen molar-refractivity contribution < 1.29 is 9.59 Å². The Balaban J connectivity index is 1.80. The van der Waals surface area contributed by atoms with Gasteiger partial charge in [0.15, 0.2) is 0 Å². The molecule has 2 amide bonds. The molecular formula is C15H20N2O2. The minimum atomic E-state index is -0.0947. The van der Waals surface area contributed by atoms with Crippen molar-refractivity contribution in [2.45, 2.75) is 39.3 Å². The Morgan fingerprint density at radius 1 is 1.26 bits per heavy atom. The second-order valence-electron chi connectivity index (χ2n) is 5.14. The SMILES string of the molecule is CC(=O)N(CC(=O)NCc1ccc(C)cc1)C1CC1. The molecule has 1 aliphatic carbocycles. The molecule has 0 heterocycles. The summed E-state index contributed by atoms with van der Waals surface area (Å²) in [7, 11) is 0. The predicted molar refractivity (Wildman–Crippen MR) is 73.4 cm³/mol. The Kier molecular flexibility index (Phi) is 4.20. The van der Waals surface area contributed by atoms with Crippen molar-refractivity contribution in [3.8, 4) is 0 Å². The Morgan fingerprint density at radius 2 is 1.89 bits per heavy atom. The Hall–Kier alpha value is -1.84. The zero-order valence-corrected chi connectivity index (χ0v) is 11.5. The average Bonchev–Trinajstić information content (AvgIpc) is 3.19. The number of rotatable bonds is 5. The van der Waals surface area contributed by atoms with Crippen LogP contribution in [0.25, 0.3) is 0 Å². The summed E-state index contributed by atoms with van der Waals surface area (Å²) in [5.74, 6) is -0.115. The van der Waals surface area contributed by atoms with Crippen LogP contribution in [0.3, 0.4) is 0 Å². The fraction of sp³-hybridized carbons (Fsp3) is 0.467. The molecule has 1 aromatic rings. The van der Waals surface area contributed by atoms with Gasteiger partial charge in [-0.1, -0.05) is 29.8 Å². The molecule has 4 nitrogen and oxygen atoms in total. The highest BCUT2D eigenvalue weighted by Crippen LogP contribution is 2.26. The maximum atomic E-state index is 11.8. The molecule has 0 bridgehead atoms. The number of hydrogen-bond acceptors (Lipinski definition) is 2. The number of nitrogens with one attached hydrogen (secondary N) is 1. The Bertz CT molecular complexity index is 464. The van der Waals surface area contributed by atoms with Crippen LogP contribution in [0.2, 0.25) is 0 Å². The van der Waals surface area contributed by atoms with Crippen molar-refractivity contribution in [1.29, 1.82) is 0 Å². The third-order valence-electron chi connectivity index (χ3n) is 3.32. The molecule has 0 saturated heterocycles. The molecule has 0 unspecified atom stereocenters. The number of benzene rings is 1. The van der Waals surface area contributed by atoms with Crippen molar-refractivity contribution in [2.24, 2.45) is 0 Å². The molecule has 0 radical (unpaired) electrons. The van der Waals surface area contributed by atoms with Crippen molar-refractivity contribution in [3.05, 3.63) is 35.4 Å². The number of nitrogens with zero attached hydrogens (tertiary/aromatic N) is 1. The largest absolute Gasteiger partial charge is 0.350 e. The smallest absolute Gasteiger partial charge is 0.239 e. The van der Waals surface area contributed by atoms with Gasteiger partial charge in [0.25, 0.3) is 0 Å². The molecule has 2 rings (SSSR count). The number of carbonyl (C=O) groups is 2. The molecule has 0 aromatic heterocycles. The molecule has 0 atom stereocenters. The standard InChI is InChI=1S/C15H20N2O2/c1-11-3-5-13(6-4-11)9-16-15(19)10-17(12(2)18)14-7-8-14/h3-6,14H,7-10H2,1-2H3,(H,16,19). The van der Waals surface area contributed by atoms with Crippen molar-refractivity contribution >= 4 is 11.8 Å². The summed E-state index contributed by atoms with van der Waals surface area (Å²) in [5.41, 5.74) is 2.27. The van der Waals surface area contributed by atoms with E-state index in [1.165, 1.54) is 12.5 Å². The van der Waals surface area contributed by atoms with Crippen LogP contribution in [0.5, 0.6) is 0 Å². The maximum absolute atomic E-state index is 11.8. The van der Waals surface area contributed by atoms with E-state index in [2.05, 4.69) is 5.32 Å². The minimum absolute atomic E-state index is 0.0204. The van der Waals surface area contributed by atoms with E-state index in [4.69, 9.17) is 0 Å². The fourth-order valence-corrected chi connectivity index (χ4v) is 2.00. The minimum Gasteiger partial charge on any atom is -0.350 e. The van der Waals surface area contributed by atoms with Crippen molar-refractivity contribution in [3.63, 3.8) is 0 Å². The molecular weight excluding hydrogens is 240 g/mol. The summed E-state index contributed by atoms with van der Waals surface area (Å²) in [5, 5.41) is 2.85. The van der Waals surface area contributed by atoms with E-state index in [-0.39, 0.29) is 24.4 Å². The first-order chi connectivity index (χ1) is 9.06. The van der Waals surface area contributed by atoms with Gasteiger partial charge in [0, 0.05) is 19.5 Å². The van der Waals surface area contributed by atoms with Crippen LogP contribution < -0.4 is 5.32 Å². The number of carbonyl (C=O) groups excluding carboxylic acids is 2. The van der Waals surface area contributed by atoms with Gasteiger partial charge in [0.05, 0.1) is 6.54 Å². The highest BCUT2D eigenvalue weighted by Gasteiger charge is 2.31. The normalized spacial score (nSPS) is 14.0. The monoisotopic (exact) mass is 260 g/mol. The molecule has 19 heavy (non-hydrogen) atoms. The van der Waals surface area contributed by atoms with Crippen LogP contribution in [-0.2, 0) is 16.1 Å². The van der Waals surface area contributed by atoms with Crippen LogP contribution in [0.1, 0.15) is 30.9 Å². The van der Waals surface area contributed by atoms with Crippen LogP contribution in [-0.4, -0.2) is 29.3 Å².